The van der Waals surface area contributed by atoms with Gasteiger partial charge in [0.15, 0.2) is 23.0 Å². The molecule has 8 aromatic carbocycles. The number of benzene rings is 8. The lowest BCUT2D eigenvalue weighted by molar-refractivity contribution is 0.0616. The number of ether oxygens (including phenoxy) is 9. The molecule has 408 valence electrons. The van der Waals surface area contributed by atoms with Gasteiger partial charge in [0.25, 0.3) is 0 Å². The fourth-order valence-electron chi connectivity index (χ4n) is 8.56. The summed E-state index contributed by atoms with van der Waals surface area (Å²) in [6.07, 6.45) is 1.78. The average Bonchev–Trinajstić information content (AvgIpc) is 3.51. The Kier molecular flexibility index (Phi) is 18.9. The van der Waals surface area contributed by atoms with Crippen LogP contribution in [0.15, 0.2) is 192 Å². The summed E-state index contributed by atoms with van der Waals surface area (Å²) >= 11 is 0. The molecule has 0 heterocycles. The number of methoxy groups -OCH3 is 4. The molecule has 0 spiro atoms. The minimum atomic E-state index is -0.903. The smallest absolute Gasteiger partial charge is 0.161 e. The van der Waals surface area contributed by atoms with Crippen LogP contribution in [0.1, 0.15) is 61.1 Å². The van der Waals surface area contributed by atoms with Crippen molar-refractivity contribution in [1.29, 1.82) is 0 Å². The molecule has 0 saturated carbocycles. The van der Waals surface area contributed by atoms with E-state index >= 15 is 0 Å². The van der Waals surface area contributed by atoms with E-state index in [9.17, 15) is 10.2 Å². The lowest BCUT2D eigenvalue weighted by atomic mass is 9.78. The average molecular weight is 1070 g/mol. The van der Waals surface area contributed by atoms with E-state index in [-0.39, 0.29) is 37.3 Å². The van der Waals surface area contributed by atoms with Gasteiger partial charge in [-0.2, -0.15) is 0 Å². The van der Waals surface area contributed by atoms with Gasteiger partial charge in [0, 0.05) is 23.3 Å². The Morgan fingerprint density at radius 1 is 0.354 bits per heavy atom. The highest BCUT2D eigenvalue weighted by Gasteiger charge is 2.25. The number of rotatable bonds is 26. The molecule has 0 aliphatic heterocycles. The maximum absolute atomic E-state index is 10.8. The van der Waals surface area contributed by atoms with E-state index in [1.54, 1.807) is 46.9 Å². The summed E-state index contributed by atoms with van der Waals surface area (Å²) in [6, 6.07) is 57.9. The summed E-state index contributed by atoms with van der Waals surface area (Å²) in [5.41, 5.74) is 7.18. The molecule has 8 aromatic rings. The first-order valence-electron chi connectivity index (χ1n) is 25.9. The Balaban J connectivity index is 0.738. The van der Waals surface area contributed by atoms with Gasteiger partial charge >= 0.3 is 0 Å². The quantitative estimate of drug-likeness (QED) is 0.0499. The summed E-state index contributed by atoms with van der Waals surface area (Å²) < 4.78 is 51.4. The highest BCUT2D eigenvalue weighted by atomic mass is 16.5. The van der Waals surface area contributed by atoms with E-state index in [4.69, 9.17) is 42.6 Å². The highest BCUT2D eigenvalue weighted by molar-refractivity contribution is 5.84. The Morgan fingerprint density at radius 2 is 0.671 bits per heavy atom. The molecule has 13 heteroatoms. The number of aliphatic imine (C=N–C) groups is 2. The van der Waals surface area contributed by atoms with Crippen LogP contribution in [0.2, 0.25) is 0 Å². The minimum absolute atomic E-state index is 0.00519. The number of hydrogen-bond acceptors (Lipinski definition) is 13. The van der Waals surface area contributed by atoms with Crippen molar-refractivity contribution in [2.75, 3.05) is 54.9 Å². The molecule has 0 aliphatic rings. The third-order valence-electron chi connectivity index (χ3n) is 13.5. The molecule has 2 N–H and O–H groups in total. The molecule has 2 atom stereocenters. The summed E-state index contributed by atoms with van der Waals surface area (Å²) in [5.74, 6) is 6.41. The third kappa shape index (κ3) is 15.2. The van der Waals surface area contributed by atoms with Gasteiger partial charge in [-0.3, -0.25) is 9.98 Å². The fourth-order valence-corrected chi connectivity index (χ4v) is 8.56. The molecule has 0 saturated heterocycles. The van der Waals surface area contributed by atoms with Crippen LogP contribution in [0.5, 0.6) is 57.5 Å². The highest BCUT2D eigenvalue weighted by Crippen LogP contribution is 2.36. The van der Waals surface area contributed by atoms with Crippen molar-refractivity contribution in [3.63, 3.8) is 0 Å². The second-order valence-corrected chi connectivity index (χ2v) is 19.7. The third-order valence-corrected chi connectivity index (χ3v) is 13.5. The second kappa shape index (κ2) is 26.5. The van der Waals surface area contributed by atoms with Crippen molar-refractivity contribution < 1.29 is 52.8 Å². The van der Waals surface area contributed by atoms with Crippen molar-refractivity contribution in [3.8, 4) is 57.5 Å². The first kappa shape index (κ1) is 56.4. The zero-order chi connectivity index (χ0) is 55.8. The lowest BCUT2D eigenvalue weighted by Crippen LogP contribution is -2.25. The van der Waals surface area contributed by atoms with Crippen molar-refractivity contribution in [2.24, 2.45) is 9.98 Å². The van der Waals surface area contributed by atoms with E-state index in [1.807, 2.05) is 152 Å². The molecule has 79 heavy (non-hydrogen) atoms. The molecule has 0 amide bonds. The molecule has 0 radical (unpaired) electrons. The predicted octanol–water partition coefficient (Wildman–Crippen LogP) is 13.3. The number of hydrogen-bond donors (Lipinski definition) is 2. The van der Waals surface area contributed by atoms with E-state index in [2.05, 4.69) is 61.9 Å². The maximum Gasteiger partial charge on any atom is 0.161 e. The van der Waals surface area contributed by atoms with Crippen LogP contribution in [0, 0.1) is 0 Å². The van der Waals surface area contributed by atoms with Crippen LogP contribution in [0.4, 0.5) is 11.4 Å². The van der Waals surface area contributed by atoms with Crippen molar-refractivity contribution in [1.82, 2.24) is 0 Å². The molecule has 0 fully saturated rings. The molecule has 0 bridgehead atoms. The predicted molar refractivity (Wildman–Crippen MR) is 311 cm³/mol. The molecule has 0 aliphatic carbocycles. The second-order valence-electron chi connectivity index (χ2n) is 19.7. The molecule has 0 aromatic heterocycles. The van der Waals surface area contributed by atoms with Crippen LogP contribution in [0.25, 0.3) is 0 Å². The maximum atomic E-state index is 10.8. The standard InChI is InChI=1S/C66H68N2O11/c1-65(2,47-11-23-55(71-5)24-12-47)48-13-25-56(26-14-48)75-41-53(69)42-76-57-27-15-49(16-28-57)66(3,4)50-17-29-58(30-18-50)77-43-54(70)44-78-62-36-10-46(38-64(62)74-8)40-68-52-21-33-60(34-22-52)79-59-31-19-51(20-32-59)67-39-45-9-35-61(72-6)63(37-45)73-7/h9-40,53-54,69-70H,41-44H2,1-8H3. The van der Waals surface area contributed by atoms with E-state index in [1.165, 1.54) is 5.56 Å². The van der Waals surface area contributed by atoms with Crippen LogP contribution >= 0.6 is 0 Å². The van der Waals surface area contributed by atoms with Gasteiger partial charge in [0.05, 0.1) is 39.8 Å². The van der Waals surface area contributed by atoms with Crippen LogP contribution in [-0.4, -0.2) is 89.7 Å². The summed E-state index contributed by atoms with van der Waals surface area (Å²) in [4.78, 5) is 9.19. The molecule has 13 nitrogen and oxygen atoms in total. The van der Waals surface area contributed by atoms with Gasteiger partial charge in [-0.1, -0.05) is 76.2 Å². The molecule has 8 rings (SSSR count). The summed E-state index contributed by atoms with van der Waals surface area (Å²) in [7, 11) is 6.44. The van der Waals surface area contributed by atoms with E-state index in [0.29, 0.717) is 51.7 Å². The van der Waals surface area contributed by atoms with Crippen LogP contribution < -0.4 is 42.6 Å². The van der Waals surface area contributed by atoms with Gasteiger partial charge < -0.3 is 52.8 Å². The van der Waals surface area contributed by atoms with Gasteiger partial charge in [-0.15, -0.1) is 0 Å². The summed E-state index contributed by atoms with van der Waals surface area (Å²) in [5, 5.41) is 21.5. The minimum Gasteiger partial charge on any atom is -0.497 e. The normalized spacial score (nSPS) is 12.4. The van der Waals surface area contributed by atoms with Gasteiger partial charge in [0.1, 0.15) is 73.1 Å². The van der Waals surface area contributed by atoms with Crippen LogP contribution in [0.3, 0.4) is 0 Å². The zero-order valence-corrected chi connectivity index (χ0v) is 45.9. The monoisotopic (exact) mass is 1060 g/mol. The molecule has 2 unspecified atom stereocenters. The van der Waals surface area contributed by atoms with Crippen LogP contribution in [-0.2, 0) is 10.8 Å². The van der Waals surface area contributed by atoms with E-state index < -0.39 is 12.2 Å². The largest absolute Gasteiger partial charge is 0.497 e. The molecular formula is C66H68N2O11. The fraction of sp³-hybridized carbons (Fsp3) is 0.242. The van der Waals surface area contributed by atoms with E-state index in [0.717, 1.165) is 44.9 Å². The molecular weight excluding hydrogens is 997 g/mol. The van der Waals surface area contributed by atoms with Gasteiger partial charge in [0.2, 0.25) is 0 Å². The zero-order valence-electron chi connectivity index (χ0n) is 45.9. The SMILES string of the molecule is COc1ccc(C(C)(C)c2ccc(OCC(O)COc3ccc(C(C)(C)c4ccc(OCC(O)COc5ccc(C=Nc6ccc(Oc7ccc(N=Cc8ccc(OC)c(OC)c8)cc7)cc6)cc5OC)cc4)cc3)cc2)cc1. The lowest BCUT2D eigenvalue weighted by Gasteiger charge is -2.27. The topological polar surface area (TPSA) is 148 Å². The first-order valence-corrected chi connectivity index (χ1v) is 25.9. The van der Waals surface area contributed by atoms with Crippen molar-refractivity contribution in [2.45, 2.75) is 50.7 Å². The number of nitrogens with zero attached hydrogens (tertiary/aromatic N) is 2. The Morgan fingerprint density at radius 3 is 1.03 bits per heavy atom. The van der Waals surface area contributed by atoms with Gasteiger partial charge in [-0.25, -0.2) is 0 Å². The van der Waals surface area contributed by atoms with Gasteiger partial charge in [-0.05, 0) is 167 Å². The Labute approximate surface area is 463 Å². The number of aliphatic hydroxyl groups excluding tert-OH is 2. The Hall–Kier alpha value is -8.78. The van der Waals surface area contributed by atoms with Crippen molar-refractivity contribution >= 4 is 23.8 Å². The van der Waals surface area contributed by atoms with Crippen molar-refractivity contribution in [3.05, 3.63) is 215 Å². The number of aliphatic hydroxyl groups is 2. The first-order chi connectivity index (χ1) is 38.2. The Bertz CT molecular complexity index is 3250. The summed E-state index contributed by atoms with van der Waals surface area (Å²) in [6.45, 7) is 8.88.